The van der Waals surface area contributed by atoms with Crippen molar-refractivity contribution in [2.24, 2.45) is 0 Å². The summed E-state index contributed by atoms with van der Waals surface area (Å²) in [5.41, 5.74) is 2.81. The third-order valence-corrected chi connectivity index (χ3v) is 3.49. The smallest absolute Gasteiger partial charge is 0.127 e. The highest BCUT2D eigenvalue weighted by atomic mass is 16.5. The van der Waals surface area contributed by atoms with Gasteiger partial charge in [-0.1, -0.05) is 6.08 Å². The number of nitriles is 1. The molecule has 0 bridgehead atoms. The van der Waals surface area contributed by atoms with Crippen LogP contribution >= 0.6 is 0 Å². The fourth-order valence-electron chi connectivity index (χ4n) is 2.69. The summed E-state index contributed by atoms with van der Waals surface area (Å²) in [7, 11) is 1.64. The van der Waals surface area contributed by atoms with Crippen LogP contribution in [0, 0.1) is 11.3 Å². The molecule has 0 saturated carbocycles. The molecule has 3 heteroatoms. The van der Waals surface area contributed by atoms with Crippen molar-refractivity contribution in [2.45, 2.75) is 18.8 Å². The largest absolute Gasteiger partial charge is 0.496 e. The SMILES string of the molecule is COc1ccc2c3c1C(C#N)=CCCC3CO2. The molecule has 1 aromatic carbocycles. The van der Waals surface area contributed by atoms with Crippen molar-refractivity contribution >= 4 is 5.57 Å². The Hall–Kier alpha value is -1.95. The number of hydrogen-bond donors (Lipinski definition) is 0. The summed E-state index contributed by atoms with van der Waals surface area (Å²) in [5.74, 6) is 2.08. The van der Waals surface area contributed by atoms with Crippen LogP contribution in [0.15, 0.2) is 18.2 Å². The summed E-state index contributed by atoms with van der Waals surface area (Å²) >= 11 is 0. The average Bonchev–Trinajstić information content (AvgIpc) is 2.67. The molecule has 0 radical (unpaired) electrons. The van der Waals surface area contributed by atoms with Gasteiger partial charge in [0.25, 0.3) is 0 Å². The summed E-state index contributed by atoms with van der Waals surface area (Å²) in [4.78, 5) is 0. The van der Waals surface area contributed by atoms with E-state index in [4.69, 9.17) is 9.47 Å². The first-order valence-electron chi connectivity index (χ1n) is 5.79. The van der Waals surface area contributed by atoms with Gasteiger partial charge in [-0.2, -0.15) is 5.26 Å². The fraction of sp³-hybridized carbons (Fsp3) is 0.357. The van der Waals surface area contributed by atoms with Gasteiger partial charge in [0.05, 0.1) is 25.4 Å². The van der Waals surface area contributed by atoms with E-state index < -0.39 is 0 Å². The Morgan fingerprint density at radius 2 is 2.35 bits per heavy atom. The lowest BCUT2D eigenvalue weighted by Gasteiger charge is -2.12. The topological polar surface area (TPSA) is 42.2 Å². The third kappa shape index (κ3) is 1.41. The number of hydrogen-bond acceptors (Lipinski definition) is 3. The normalized spacial score (nSPS) is 20.7. The van der Waals surface area contributed by atoms with Crippen molar-refractivity contribution in [3.63, 3.8) is 0 Å². The molecule has 2 aliphatic rings. The first-order valence-corrected chi connectivity index (χ1v) is 5.79. The number of ether oxygens (including phenoxy) is 2. The van der Waals surface area contributed by atoms with Gasteiger partial charge >= 0.3 is 0 Å². The molecule has 0 N–H and O–H groups in total. The molecular weight excluding hydrogens is 214 g/mol. The standard InChI is InChI=1S/C14H13NO2/c1-16-11-5-6-12-14-10(8-17-12)4-2-3-9(7-15)13(11)14/h3,5-6,10H,2,4,8H2,1H3. The molecule has 3 rings (SSSR count). The van der Waals surface area contributed by atoms with E-state index in [1.165, 1.54) is 0 Å². The first-order chi connectivity index (χ1) is 8.35. The second kappa shape index (κ2) is 3.81. The quantitative estimate of drug-likeness (QED) is 0.740. The Morgan fingerprint density at radius 3 is 3.12 bits per heavy atom. The van der Waals surface area contributed by atoms with E-state index in [0.29, 0.717) is 11.5 Å². The van der Waals surface area contributed by atoms with Crippen molar-refractivity contribution in [1.82, 2.24) is 0 Å². The molecule has 17 heavy (non-hydrogen) atoms. The molecule has 86 valence electrons. The Bertz CT molecular complexity index is 540. The zero-order valence-electron chi connectivity index (χ0n) is 9.69. The Kier molecular flexibility index (Phi) is 2.29. The summed E-state index contributed by atoms with van der Waals surface area (Å²) in [6, 6.07) is 6.10. The minimum atomic E-state index is 0.400. The van der Waals surface area contributed by atoms with Gasteiger partial charge in [0.2, 0.25) is 0 Å². The minimum absolute atomic E-state index is 0.400. The molecule has 3 nitrogen and oxygen atoms in total. The van der Waals surface area contributed by atoms with Crippen LogP contribution in [0.2, 0.25) is 0 Å². The van der Waals surface area contributed by atoms with Gasteiger partial charge in [0.15, 0.2) is 0 Å². The van der Waals surface area contributed by atoms with E-state index in [1.807, 2.05) is 18.2 Å². The summed E-state index contributed by atoms with van der Waals surface area (Å²) in [6.45, 7) is 0.724. The molecule has 0 aromatic heterocycles. The van der Waals surface area contributed by atoms with Crippen molar-refractivity contribution < 1.29 is 9.47 Å². The molecule has 1 heterocycles. The molecule has 1 aromatic rings. The fourth-order valence-corrected chi connectivity index (χ4v) is 2.69. The highest BCUT2D eigenvalue weighted by molar-refractivity contribution is 5.84. The lowest BCUT2D eigenvalue weighted by atomic mass is 9.92. The molecule has 0 saturated heterocycles. The number of benzene rings is 1. The summed E-state index contributed by atoms with van der Waals surface area (Å²) in [5, 5.41) is 9.27. The highest BCUT2D eigenvalue weighted by Crippen LogP contribution is 2.47. The zero-order chi connectivity index (χ0) is 11.8. The van der Waals surface area contributed by atoms with Crippen LogP contribution in [0.1, 0.15) is 29.9 Å². The van der Waals surface area contributed by atoms with Gasteiger partial charge in [0, 0.05) is 17.0 Å². The summed E-state index contributed by atoms with van der Waals surface area (Å²) < 4.78 is 11.1. The van der Waals surface area contributed by atoms with Crippen molar-refractivity contribution in [1.29, 1.82) is 5.26 Å². The Morgan fingerprint density at radius 1 is 1.47 bits per heavy atom. The molecule has 0 fully saturated rings. The summed E-state index contributed by atoms with van der Waals surface area (Å²) in [6.07, 6.45) is 3.98. The van der Waals surface area contributed by atoms with Crippen LogP contribution in [0.3, 0.4) is 0 Å². The Labute approximate surface area is 100 Å². The maximum Gasteiger partial charge on any atom is 0.127 e. The second-order valence-corrected chi connectivity index (χ2v) is 4.37. The molecule has 0 spiro atoms. The predicted octanol–water partition coefficient (Wildman–Crippen LogP) is 2.87. The van der Waals surface area contributed by atoms with Crippen molar-refractivity contribution in [2.75, 3.05) is 13.7 Å². The van der Waals surface area contributed by atoms with Gasteiger partial charge in [-0.25, -0.2) is 0 Å². The number of allylic oxidation sites excluding steroid dienone is 2. The van der Waals surface area contributed by atoms with E-state index in [9.17, 15) is 5.26 Å². The van der Waals surface area contributed by atoms with E-state index >= 15 is 0 Å². The van der Waals surface area contributed by atoms with E-state index in [2.05, 4.69) is 6.07 Å². The molecule has 1 unspecified atom stereocenters. The number of nitrogens with zero attached hydrogens (tertiary/aromatic N) is 1. The second-order valence-electron chi connectivity index (χ2n) is 4.37. The van der Waals surface area contributed by atoms with Crippen LogP contribution in [0.25, 0.3) is 5.57 Å². The van der Waals surface area contributed by atoms with Crippen molar-refractivity contribution in [3.05, 3.63) is 29.3 Å². The molecule has 1 atom stereocenters. The average molecular weight is 227 g/mol. The third-order valence-electron chi connectivity index (χ3n) is 3.49. The van der Waals surface area contributed by atoms with Crippen LogP contribution < -0.4 is 9.47 Å². The van der Waals surface area contributed by atoms with E-state index in [-0.39, 0.29) is 0 Å². The lowest BCUT2D eigenvalue weighted by Crippen LogP contribution is -2.01. The monoisotopic (exact) mass is 227 g/mol. The lowest BCUT2D eigenvalue weighted by molar-refractivity contribution is 0.326. The van der Waals surface area contributed by atoms with Crippen LogP contribution in [0.4, 0.5) is 0 Å². The van der Waals surface area contributed by atoms with Crippen LogP contribution in [-0.2, 0) is 0 Å². The molecule has 0 amide bonds. The zero-order valence-corrected chi connectivity index (χ0v) is 9.69. The highest BCUT2D eigenvalue weighted by Gasteiger charge is 2.31. The molecule has 1 aliphatic heterocycles. The van der Waals surface area contributed by atoms with Gasteiger partial charge < -0.3 is 9.47 Å². The Balaban J connectivity index is 2.30. The molecular formula is C14H13NO2. The van der Waals surface area contributed by atoms with E-state index in [1.54, 1.807) is 7.11 Å². The van der Waals surface area contributed by atoms with Crippen LogP contribution in [0.5, 0.6) is 11.5 Å². The molecule has 1 aliphatic carbocycles. The first kappa shape index (κ1) is 10.2. The number of rotatable bonds is 1. The van der Waals surface area contributed by atoms with Gasteiger partial charge in [0.1, 0.15) is 11.5 Å². The number of methoxy groups -OCH3 is 1. The van der Waals surface area contributed by atoms with Crippen molar-refractivity contribution in [3.8, 4) is 17.6 Å². The van der Waals surface area contributed by atoms with Gasteiger partial charge in [-0.05, 0) is 25.0 Å². The maximum absolute atomic E-state index is 9.27. The predicted molar refractivity (Wildman–Crippen MR) is 64.1 cm³/mol. The maximum atomic E-state index is 9.27. The van der Waals surface area contributed by atoms with Gasteiger partial charge in [-0.15, -0.1) is 0 Å². The minimum Gasteiger partial charge on any atom is -0.496 e. The van der Waals surface area contributed by atoms with Gasteiger partial charge in [-0.3, -0.25) is 0 Å². The van der Waals surface area contributed by atoms with E-state index in [0.717, 1.165) is 42.1 Å². The van der Waals surface area contributed by atoms with Crippen LogP contribution in [-0.4, -0.2) is 13.7 Å².